The quantitative estimate of drug-likeness (QED) is 0.0766. The van der Waals surface area contributed by atoms with Crippen molar-refractivity contribution in [3.8, 4) is 5.75 Å². The molecule has 0 unspecified atom stereocenters. The van der Waals surface area contributed by atoms with E-state index in [4.69, 9.17) is 29.2 Å². The third-order valence-corrected chi connectivity index (χ3v) is 10.6. The SMILES string of the molecule is CC1(C)C(/C=C/C2=C(Oc3ccccc3)C(=C/C=C3/N(CCCN=C=S)c4ccccc4C3(C)C)/CCC2)=[N+](CCCN=C=S)c2ccccc21. The van der Waals surface area contributed by atoms with E-state index in [1.165, 1.54) is 45.1 Å². The van der Waals surface area contributed by atoms with E-state index in [1.807, 2.05) is 30.3 Å². The fourth-order valence-corrected chi connectivity index (χ4v) is 7.97. The van der Waals surface area contributed by atoms with E-state index in [0.29, 0.717) is 13.1 Å². The number of hydrogen-bond acceptors (Lipinski definition) is 6. The standard InChI is InChI=1S/C44H47N4OS2/c1-43(2)36-19-8-10-21-38(36)47(29-13-27-45-31-50)40(43)25-23-33-15-12-16-34(42(33)49-35-17-6-5-7-18-35)24-26-41-44(3,4)37-20-9-11-22-39(37)48(41)30-14-28-46-32-51/h5-11,17-26H,12-16,27-30H2,1-4H3/q+1. The molecule has 51 heavy (non-hydrogen) atoms. The lowest BCUT2D eigenvalue weighted by molar-refractivity contribution is -0.437. The number of ether oxygens (including phenoxy) is 1. The van der Waals surface area contributed by atoms with Gasteiger partial charge >= 0.3 is 0 Å². The summed E-state index contributed by atoms with van der Waals surface area (Å²) in [4.78, 5) is 10.8. The summed E-state index contributed by atoms with van der Waals surface area (Å²) < 4.78 is 9.27. The highest BCUT2D eigenvalue weighted by atomic mass is 32.1. The number of anilines is 1. The second-order valence-electron chi connectivity index (χ2n) is 14.3. The molecule has 0 bridgehead atoms. The number of allylic oxidation sites excluding steroid dienone is 7. The monoisotopic (exact) mass is 711 g/mol. The molecule has 0 fully saturated rings. The number of benzene rings is 3. The number of rotatable bonds is 13. The molecule has 3 aliphatic rings. The number of fused-ring (bicyclic) bond motifs is 2. The summed E-state index contributed by atoms with van der Waals surface area (Å²) in [7, 11) is 0. The molecule has 2 aliphatic heterocycles. The van der Waals surface area contributed by atoms with Crippen LogP contribution in [-0.4, -0.2) is 46.8 Å². The van der Waals surface area contributed by atoms with E-state index < -0.39 is 0 Å². The van der Waals surface area contributed by atoms with Crippen LogP contribution in [0, 0.1) is 0 Å². The molecular weight excluding hydrogens is 665 g/mol. The fraction of sp³-hybridized carbons (Fsp3) is 0.341. The molecule has 0 saturated heterocycles. The average molecular weight is 712 g/mol. The lowest BCUT2D eigenvalue weighted by Gasteiger charge is -2.27. The van der Waals surface area contributed by atoms with Crippen molar-refractivity contribution in [2.45, 2.75) is 70.6 Å². The lowest BCUT2D eigenvalue weighted by Crippen LogP contribution is -2.28. The van der Waals surface area contributed by atoms with Crippen molar-refractivity contribution in [2.75, 3.05) is 31.1 Å². The van der Waals surface area contributed by atoms with Gasteiger partial charge in [0.15, 0.2) is 12.3 Å². The minimum atomic E-state index is -0.152. The van der Waals surface area contributed by atoms with Crippen LogP contribution in [0.4, 0.5) is 11.4 Å². The molecule has 0 amide bonds. The van der Waals surface area contributed by atoms with Crippen LogP contribution < -0.4 is 9.64 Å². The van der Waals surface area contributed by atoms with Crippen molar-refractivity contribution in [2.24, 2.45) is 9.98 Å². The molecule has 1 aliphatic carbocycles. The van der Waals surface area contributed by atoms with Crippen LogP contribution in [0.15, 0.2) is 136 Å². The van der Waals surface area contributed by atoms with Gasteiger partial charge in [0.2, 0.25) is 5.69 Å². The highest BCUT2D eigenvalue weighted by Crippen LogP contribution is 2.48. The van der Waals surface area contributed by atoms with Gasteiger partial charge in [-0.1, -0.05) is 74.5 Å². The Labute approximate surface area is 314 Å². The Hall–Kier alpha value is -4.51. The zero-order chi connectivity index (χ0) is 35.8. The maximum atomic E-state index is 6.81. The van der Waals surface area contributed by atoms with Gasteiger partial charge in [0.1, 0.15) is 11.5 Å². The summed E-state index contributed by atoms with van der Waals surface area (Å²) in [5.41, 5.74) is 9.88. The van der Waals surface area contributed by atoms with Gasteiger partial charge in [-0.05, 0) is 111 Å². The summed E-state index contributed by atoms with van der Waals surface area (Å²) >= 11 is 9.66. The minimum Gasteiger partial charge on any atom is -0.457 e. The Balaban J connectivity index is 1.42. The van der Waals surface area contributed by atoms with E-state index >= 15 is 0 Å². The predicted octanol–water partition coefficient (Wildman–Crippen LogP) is 10.7. The van der Waals surface area contributed by atoms with Crippen molar-refractivity contribution >= 4 is 51.8 Å². The zero-order valence-electron chi connectivity index (χ0n) is 30.2. The summed E-state index contributed by atoms with van der Waals surface area (Å²) in [5, 5.41) is 5.03. The molecule has 7 heteroatoms. The van der Waals surface area contributed by atoms with E-state index in [2.05, 4.69) is 130 Å². The minimum absolute atomic E-state index is 0.152. The molecular formula is C44H47N4OS2+. The van der Waals surface area contributed by atoms with Gasteiger partial charge < -0.3 is 9.64 Å². The summed E-state index contributed by atoms with van der Waals surface area (Å²) in [6, 6.07) is 27.7. The van der Waals surface area contributed by atoms with Crippen LogP contribution in [0.5, 0.6) is 5.75 Å². The van der Waals surface area contributed by atoms with Crippen molar-refractivity contribution in [1.82, 2.24) is 0 Å². The maximum Gasteiger partial charge on any atom is 0.209 e. The molecule has 5 nitrogen and oxygen atoms in total. The Morgan fingerprint density at radius 3 is 2.24 bits per heavy atom. The number of nitrogens with zero attached hydrogens (tertiary/aromatic N) is 4. The van der Waals surface area contributed by atoms with Gasteiger partial charge in [-0.15, -0.1) is 0 Å². The van der Waals surface area contributed by atoms with E-state index in [-0.39, 0.29) is 10.8 Å². The average Bonchev–Trinajstić information content (AvgIpc) is 3.49. The first-order valence-corrected chi connectivity index (χ1v) is 18.8. The van der Waals surface area contributed by atoms with Crippen molar-refractivity contribution < 1.29 is 9.31 Å². The van der Waals surface area contributed by atoms with Crippen LogP contribution in [0.2, 0.25) is 0 Å². The van der Waals surface area contributed by atoms with Crippen LogP contribution in [0.1, 0.15) is 70.9 Å². The first kappa shape index (κ1) is 36.3. The second kappa shape index (κ2) is 16.2. The predicted molar refractivity (Wildman–Crippen MR) is 218 cm³/mol. The second-order valence-corrected chi connectivity index (χ2v) is 14.7. The number of thiocarbonyl (C=S) groups is 2. The summed E-state index contributed by atoms with van der Waals surface area (Å²) in [6.07, 6.45) is 14.0. The van der Waals surface area contributed by atoms with Crippen molar-refractivity contribution in [3.05, 3.63) is 137 Å². The van der Waals surface area contributed by atoms with Crippen LogP contribution in [0.25, 0.3) is 0 Å². The molecule has 260 valence electrons. The Kier molecular flexibility index (Phi) is 11.5. The van der Waals surface area contributed by atoms with E-state index in [0.717, 1.165) is 56.7 Å². The molecule has 2 heterocycles. The fourth-order valence-electron chi connectivity index (χ4n) is 7.79. The molecule has 0 radical (unpaired) electrons. The zero-order valence-corrected chi connectivity index (χ0v) is 31.8. The Morgan fingerprint density at radius 1 is 0.784 bits per heavy atom. The molecule has 0 N–H and O–H groups in total. The molecule has 3 aromatic rings. The van der Waals surface area contributed by atoms with Gasteiger partial charge in [-0.2, -0.15) is 4.58 Å². The topological polar surface area (TPSA) is 40.2 Å². The molecule has 0 atom stereocenters. The van der Waals surface area contributed by atoms with Gasteiger partial charge in [0, 0.05) is 47.5 Å². The lowest BCUT2D eigenvalue weighted by atomic mass is 9.81. The highest BCUT2D eigenvalue weighted by molar-refractivity contribution is 7.78. The Morgan fingerprint density at radius 2 is 1.47 bits per heavy atom. The maximum absolute atomic E-state index is 6.81. The Bertz CT molecular complexity index is 2020. The van der Waals surface area contributed by atoms with Crippen LogP contribution in [-0.2, 0) is 10.8 Å². The van der Waals surface area contributed by atoms with Gasteiger partial charge in [0.25, 0.3) is 0 Å². The van der Waals surface area contributed by atoms with Crippen LogP contribution in [0.3, 0.4) is 0 Å². The third-order valence-electron chi connectivity index (χ3n) is 10.4. The van der Waals surface area contributed by atoms with Gasteiger partial charge in [-0.25, -0.2) is 9.98 Å². The number of hydrogen-bond donors (Lipinski definition) is 0. The van der Waals surface area contributed by atoms with Gasteiger partial charge in [-0.3, -0.25) is 0 Å². The summed E-state index contributed by atoms with van der Waals surface area (Å²) in [5.74, 6) is 1.79. The van der Waals surface area contributed by atoms with E-state index in [1.54, 1.807) is 0 Å². The molecule has 3 aromatic carbocycles. The third kappa shape index (κ3) is 7.73. The largest absolute Gasteiger partial charge is 0.457 e. The van der Waals surface area contributed by atoms with Crippen molar-refractivity contribution in [3.63, 3.8) is 0 Å². The molecule has 0 aromatic heterocycles. The number of aliphatic imine (C=N–C) groups is 2. The van der Waals surface area contributed by atoms with Crippen molar-refractivity contribution in [1.29, 1.82) is 0 Å². The first-order chi connectivity index (χ1) is 24.8. The van der Waals surface area contributed by atoms with Crippen LogP contribution >= 0.6 is 24.4 Å². The first-order valence-electron chi connectivity index (χ1n) is 18.0. The summed E-state index contributed by atoms with van der Waals surface area (Å²) in [6.45, 7) is 12.4. The van der Waals surface area contributed by atoms with Gasteiger partial charge in [0.05, 0.1) is 28.8 Å². The molecule has 0 spiro atoms. The van der Waals surface area contributed by atoms with E-state index in [9.17, 15) is 0 Å². The molecule has 0 saturated carbocycles. The number of para-hydroxylation sites is 3. The smallest absolute Gasteiger partial charge is 0.209 e. The molecule has 6 rings (SSSR count). The number of isothiocyanates is 2. The highest BCUT2D eigenvalue weighted by Gasteiger charge is 2.44. The normalized spacial score (nSPS) is 18.9.